The number of pyridine rings is 1. The fourth-order valence-electron chi connectivity index (χ4n) is 3.83. The highest BCUT2D eigenvalue weighted by molar-refractivity contribution is 6.45. The van der Waals surface area contributed by atoms with Crippen molar-refractivity contribution in [2.45, 2.75) is 45.3 Å². The number of aromatic nitrogens is 3. The highest BCUT2D eigenvalue weighted by Crippen LogP contribution is 2.36. The Labute approximate surface area is 191 Å². The zero-order valence-electron chi connectivity index (χ0n) is 17.7. The van der Waals surface area contributed by atoms with Gasteiger partial charge in [0.2, 0.25) is 0 Å². The standard InChI is InChI=1S/C22H25Cl2N5O2/c1-22(2,3)31-21(30)26-12-14-5-4-9-29(14)18-11-17(28-10-8-25-13-28)15-6-7-16(23)19(24)20(15)27-18/h6-8,10-11,13-14H,4-5,9,12H2,1-3H3,(H,26,30)/t14-/m0/s1. The van der Waals surface area contributed by atoms with Crippen LogP contribution in [0.2, 0.25) is 10.0 Å². The van der Waals surface area contributed by atoms with E-state index in [0.717, 1.165) is 36.3 Å². The number of alkyl carbamates (subject to hydrolysis) is 1. The summed E-state index contributed by atoms with van der Waals surface area (Å²) < 4.78 is 7.30. The van der Waals surface area contributed by atoms with Crippen LogP contribution in [0.3, 0.4) is 0 Å². The van der Waals surface area contributed by atoms with Crippen LogP contribution in [0.5, 0.6) is 0 Å². The number of hydrogen-bond donors (Lipinski definition) is 1. The topological polar surface area (TPSA) is 72.3 Å². The average molecular weight is 462 g/mol. The van der Waals surface area contributed by atoms with Crippen LogP contribution in [0, 0.1) is 0 Å². The summed E-state index contributed by atoms with van der Waals surface area (Å²) in [5.74, 6) is 0.786. The van der Waals surface area contributed by atoms with Crippen molar-refractivity contribution in [1.82, 2.24) is 19.9 Å². The van der Waals surface area contributed by atoms with Gasteiger partial charge in [-0.05, 0) is 45.7 Å². The third kappa shape index (κ3) is 4.72. The van der Waals surface area contributed by atoms with E-state index in [4.69, 9.17) is 32.9 Å². The summed E-state index contributed by atoms with van der Waals surface area (Å²) in [4.78, 5) is 23.3. The van der Waals surface area contributed by atoms with Gasteiger partial charge < -0.3 is 19.5 Å². The van der Waals surface area contributed by atoms with Crippen molar-refractivity contribution in [1.29, 1.82) is 0 Å². The van der Waals surface area contributed by atoms with E-state index in [1.54, 1.807) is 18.6 Å². The highest BCUT2D eigenvalue weighted by atomic mass is 35.5. The minimum atomic E-state index is -0.533. The maximum atomic E-state index is 12.1. The predicted octanol–water partition coefficient (Wildman–Crippen LogP) is 5.22. The van der Waals surface area contributed by atoms with Gasteiger partial charge in [0.15, 0.2) is 0 Å². The van der Waals surface area contributed by atoms with Crippen LogP contribution in [0.4, 0.5) is 10.6 Å². The molecule has 164 valence electrons. The molecular formula is C22H25Cl2N5O2. The van der Waals surface area contributed by atoms with Gasteiger partial charge >= 0.3 is 6.09 Å². The molecule has 0 spiro atoms. The number of anilines is 1. The Morgan fingerprint density at radius 2 is 2.13 bits per heavy atom. The second-order valence-electron chi connectivity index (χ2n) is 8.60. The minimum Gasteiger partial charge on any atom is -0.444 e. The number of nitrogens with one attached hydrogen (secondary N) is 1. The normalized spacial score (nSPS) is 16.7. The van der Waals surface area contributed by atoms with E-state index in [1.165, 1.54) is 0 Å². The molecule has 4 rings (SSSR count). The van der Waals surface area contributed by atoms with Gasteiger partial charge in [-0.1, -0.05) is 23.2 Å². The van der Waals surface area contributed by atoms with Crippen molar-refractivity contribution in [3.05, 3.63) is 47.0 Å². The van der Waals surface area contributed by atoms with Crippen LogP contribution in [0.15, 0.2) is 36.9 Å². The number of ether oxygens (including phenoxy) is 1. The minimum absolute atomic E-state index is 0.103. The summed E-state index contributed by atoms with van der Waals surface area (Å²) >= 11 is 12.8. The largest absolute Gasteiger partial charge is 0.444 e. The molecule has 1 atom stereocenters. The molecule has 0 bridgehead atoms. The van der Waals surface area contributed by atoms with E-state index in [2.05, 4.69) is 15.2 Å². The zero-order valence-corrected chi connectivity index (χ0v) is 19.2. The number of halogens is 2. The average Bonchev–Trinajstić information content (AvgIpc) is 3.39. The van der Waals surface area contributed by atoms with Crippen LogP contribution >= 0.6 is 23.2 Å². The molecule has 0 unspecified atom stereocenters. The first-order chi connectivity index (χ1) is 14.7. The van der Waals surface area contributed by atoms with Crippen molar-refractivity contribution >= 4 is 46.0 Å². The number of nitrogens with zero attached hydrogens (tertiary/aromatic N) is 4. The van der Waals surface area contributed by atoms with Gasteiger partial charge in [0.1, 0.15) is 11.4 Å². The predicted molar refractivity (Wildman–Crippen MR) is 123 cm³/mol. The molecule has 9 heteroatoms. The highest BCUT2D eigenvalue weighted by Gasteiger charge is 2.28. The van der Waals surface area contributed by atoms with Gasteiger partial charge in [-0.25, -0.2) is 14.8 Å². The Bertz CT molecular complexity index is 1100. The molecule has 1 aliphatic heterocycles. The molecule has 3 aromatic rings. The summed E-state index contributed by atoms with van der Waals surface area (Å²) in [5, 5.41) is 4.66. The molecule has 1 fully saturated rings. The lowest BCUT2D eigenvalue weighted by Gasteiger charge is -2.28. The number of amides is 1. The van der Waals surface area contributed by atoms with Crippen molar-refractivity contribution in [3.8, 4) is 5.69 Å². The summed E-state index contributed by atoms with van der Waals surface area (Å²) in [6.45, 7) is 6.85. The molecule has 7 nitrogen and oxygen atoms in total. The Morgan fingerprint density at radius 3 is 2.84 bits per heavy atom. The monoisotopic (exact) mass is 461 g/mol. The number of imidazole rings is 1. The van der Waals surface area contributed by atoms with Gasteiger partial charge in [-0.15, -0.1) is 0 Å². The van der Waals surface area contributed by atoms with Gasteiger partial charge in [0.05, 0.1) is 27.6 Å². The molecule has 1 N–H and O–H groups in total. The Morgan fingerprint density at radius 1 is 1.32 bits per heavy atom. The number of rotatable bonds is 4. The van der Waals surface area contributed by atoms with Crippen molar-refractivity contribution in [2.75, 3.05) is 18.0 Å². The van der Waals surface area contributed by atoms with Crippen LogP contribution in [0.25, 0.3) is 16.6 Å². The summed E-state index contributed by atoms with van der Waals surface area (Å²) in [6, 6.07) is 5.82. The van der Waals surface area contributed by atoms with Crippen LogP contribution in [0.1, 0.15) is 33.6 Å². The van der Waals surface area contributed by atoms with Crippen molar-refractivity contribution in [3.63, 3.8) is 0 Å². The molecule has 2 aromatic heterocycles. The number of carbonyl (C=O) groups is 1. The Hall–Kier alpha value is -2.51. The van der Waals surface area contributed by atoms with Crippen molar-refractivity contribution < 1.29 is 9.53 Å². The quantitative estimate of drug-likeness (QED) is 0.576. The number of hydrogen-bond acceptors (Lipinski definition) is 5. The van der Waals surface area contributed by atoms with E-state index < -0.39 is 11.7 Å². The number of fused-ring (bicyclic) bond motifs is 1. The van der Waals surface area contributed by atoms with E-state index in [-0.39, 0.29) is 6.04 Å². The third-order valence-electron chi connectivity index (χ3n) is 5.17. The van der Waals surface area contributed by atoms with Gasteiger partial charge in [0, 0.05) is 43.0 Å². The molecule has 1 saturated heterocycles. The summed E-state index contributed by atoms with van der Waals surface area (Å²) in [5.41, 5.74) is 1.03. The lowest BCUT2D eigenvalue weighted by atomic mass is 10.1. The second kappa shape index (κ2) is 8.55. The van der Waals surface area contributed by atoms with Crippen molar-refractivity contribution in [2.24, 2.45) is 0 Å². The molecule has 0 aliphatic carbocycles. The molecule has 3 heterocycles. The lowest BCUT2D eigenvalue weighted by Crippen LogP contribution is -2.42. The summed E-state index contributed by atoms with van der Waals surface area (Å²) in [7, 11) is 0. The maximum Gasteiger partial charge on any atom is 0.407 e. The SMILES string of the molecule is CC(C)(C)OC(=O)NC[C@@H]1CCCN1c1cc(-n2ccnc2)c2ccc(Cl)c(Cl)c2n1. The van der Waals surface area contributed by atoms with Crippen LogP contribution < -0.4 is 10.2 Å². The number of carbonyl (C=O) groups excluding carboxylic acids is 1. The Kier molecular flexibility index (Phi) is 5.99. The molecule has 0 radical (unpaired) electrons. The fraction of sp³-hybridized carbons (Fsp3) is 0.409. The molecular weight excluding hydrogens is 437 g/mol. The van der Waals surface area contributed by atoms with Crippen LogP contribution in [-0.2, 0) is 4.74 Å². The zero-order chi connectivity index (χ0) is 22.2. The van der Waals surface area contributed by atoms with E-state index in [9.17, 15) is 4.79 Å². The van der Waals surface area contributed by atoms with Crippen LogP contribution in [-0.4, -0.2) is 45.4 Å². The fourth-order valence-corrected chi connectivity index (χ4v) is 4.19. The number of benzene rings is 1. The second-order valence-corrected chi connectivity index (χ2v) is 9.38. The molecule has 1 aliphatic rings. The molecule has 31 heavy (non-hydrogen) atoms. The van der Waals surface area contributed by atoms with Gasteiger partial charge in [-0.2, -0.15) is 0 Å². The Balaban J connectivity index is 1.67. The first-order valence-electron chi connectivity index (χ1n) is 10.2. The third-order valence-corrected chi connectivity index (χ3v) is 5.97. The lowest BCUT2D eigenvalue weighted by molar-refractivity contribution is 0.0525. The van der Waals surface area contributed by atoms with E-state index in [1.807, 2.05) is 43.7 Å². The van der Waals surface area contributed by atoms with E-state index in [0.29, 0.717) is 22.1 Å². The first-order valence-corrected chi connectivity index (χ1v) is 11.0. The molecule has 0 saturated carbocycles. The first kappa shape index (κ1) is 21.7. The van der Waals surface area contributed by atoms with Gasteiger partial charge in [-0.3, -0.25) is 0 Å². The van der Waals surface area contributed by atoms with Gasteiger partial charge in [0.25, 0.3) is 0 Å². The molecule has 1 aromatic carbocycles. The maximum absolute atomic E-state index is 12.1. The smallest absolute Gasteiger partial charge is 0.407 e. The summed E-state index contributed by atoms with van der Waals surface area (Å²) in [6.07, 6.45) is 6.88. The molecule has 1 amide bonds. The van der Waals surface area contributed by atoms with E-state index >= 15 is 0 Å².